The summed E-state index contributed by atoms with van der Waals surface area (Å²) in [5.74, 6) is -0.114. The number of hydrogen-bond acceptors (Lipinski definition) is 3. The van der Waals surface area contributed by atoms with Crippen LogP contribution in [-0.2, 0) is 4.79 Å². The molecule has 2 N–H and O–H groups in total. The molecule has 2 fully saturated rings. The van der Waals surface area contributed by atoms with E-state index in [1.165, 1.54) is 6.07 Å². The van der Waals surface area contributed by atoms with Gasteiger partial charge in [-0.25, -0.2) is 9.37 Å². The van der Waals surface area contributed by atoms with Gasteiger partial charge in [0.1, 0.15) is 10.4 Å². The predicted octanol–water partition coefficient (Wildman–Crippen LogP) is 2.37. The topological polar surface area (TPSA) is 54.0 Å². The number of nitrogens with zero attached hydrogens (tertiary/aromatic N) is 1. The molecular formula is C13H15BrFN3O. The Morgan fingerprint density at radius 2 is 2.37 bits per heavy atom. The number of hydrogen-bond donors (Lipinski definition) is 2. The molecule has 1 saturated heterocycles. The van der Waals surface area contributed by atoms with Gasteiger partial charge in [0, 0.05) is 6.04 Å². The van der Waals surface area contributed by atoms with Gasteiger partial charge in [0.2, 0.25) is 5.91 Å². The maximum atomic E-state index is 13.3. The number of amides is 1. The van der Waals surface area contributed by atoms with Crippen molar-refractivity contribution in [3.05, 3.63) is 22.1 Å². The van der Waals surface area contributed by atoms with Crippen molar-refractivity contribution in [3.63, 3.8) is 0 Å². The number of rotatable bonds is 2. The molecule has 2 heterocycles. The quantitative estimate of drug-likeness (QED) is 0.820. The molecule has 3 rings (SSSR count). The summed E-state index contributed by atoms with van der Waals surface area (Å²) in [4.78, 5) is 16.2. The van der Waals surface area contributed by atoms with E-state index in [1.807, 2.05) is 0 Å². The third kappa shape index (κ3) is 2.27. The molecule has 0 aromatic carbocycles. The Hall–Kier alpha value is -1.01. The molecule has 1 amide bonds. The number of carbonyl (C=O) groups excluding carboxylic acids is 1. The van der Waals surface area contributed by atoms with E-state index in [2.05, 4.69) is 38.5 Å². The summed E-state index contributed by atoms with van der Waals surface area (Å²) in [6.07, 6.45) is 2.00. The maximum Gasteiger partial charge on any atom is 0.242 e. The third-order valence-electron chi connectivity index (χ3n) is 4.11. The first kappa shape index (κ1) is 13.0. The van der Waals surface area contributed by atoms with Crippen molar-refractivity contribution in [2.24, 2.45) is 5.41 Å². The monoisotopic (exact) mass is 327 g/mol. The van der Waals surface area contributed by atoms with Gasteiger partial charge in [0.05, 0.1) is 6.04 Å². The fourth-order valence-electron chi connectivity index (χ4n) is 2.72. The average Bonchev–Trinajstić information content (AvgIpc) is 2.84. The highest BCUT2D eigenvalue weighted by Crippen LogP contribution is 2.53. The summed E-state index contributed by atoms with van der Waals surface area (Å²) >= 11 is 3.03. The molecule has 4 nitrogen and oxygen atoms in total. The Kier molecular flexibility index (Phi) is 2.90. The van der Waals surface area contributed by atoms with Crippen LogP contribution in [0.4, 0.5) is 10.2 Å². The molecule has 0 radical (unpaired) electrons. The Morgan fingerprint density at radius 1 is 1.63 bits per heavy atom. The summed E-state index contributed by atoms with van der Waals surface area (Å²) in [5, 5.41) is 6.08. The van der Waals surface area contributed by atoms with E-state index >= 15 is 0 Å². The van der Waals surface area contributed by atoms with Crippen molar-refractivity contribution in [1.29, 1.82) is 0 Å². The molecule has 0 spiro atoms. The van der Waals surface area contributed by atoms with Crippen molar-refractivity contribution in [1.82, 2.24) is 10.3 Å². The van der Waals surface area contributed by atoms with Crippen LogP contribution in [0.5, 0.6) is 0 Å². The normalized spacial score (nSPS) is 32.0. The van der Waals surface area contributed by atoms with Gasteiger partial charge in [-0.15, -0.1) is 0 Å². The van der Waals surface area contributed by atoms with Crippen molar-refractivity contribution in [2.75, 3.05) is 5.32 Å². The van der Waals surface area contributed by atoms with Crippen LogP contribution < -0.4 is 10.6 Å². The van der Waals surface area contributed by atoms with E-state index in [4.69, 9.17) is 0 Å². The molecule has 2 aliphatic rings. The second kappa shape index (κ2) is 4.24. The van der Waals surface area contributed by atoms with Gasteiger partial charge in [-0.3, -0.25) is 4.79 Å². The molecule has 0 unspecified atom stereocenters. The van der Waals surface area contributed by atoms with Gasteiger partial charge in [-0.1, -0.05) is 6.92 Å². The first-order valence-electron chi connectivity index (χ1n) is 6.28. The average molecular weight is 328 g/mol. The number of pyridine rings is 1. The summed E-state index contributed by atoms with van der Waals surface area (Å²) in [6, 6.07) is 1.65. The lowest BCUT2D eigenvalue weighted by Gasteiger charge is -2.15. The number of halogens is 2. The highest BCUT2D eigenvalue weighted by molar-refractivity contribution is 9.10. The van der Waals surface area contributed by atoms with Gasteiger partial charge >= 0.3 is 0 Å². The van der Waals surface area contributed by atoms with Crippen molar-refractivity contribution in [3.8, 4) is 0 Å². The third-order valence-corrected chi connectivity index (χ3v) is 4.66. The van der Waals surface area contributed by atoms with Gasteiger partial charge in [0.25, 0.3) is 0 Å². The molecule has 1 aliphatic carbocycles. The second-order valence-corrected chi connectivity index (χ2v) is 6.50. The molecule has 1 saturated carbocycles. The molecule has 3 atom stereocenters. The number of piperidine rings is 1. The Bertz CT molecular complexity index is 565. The number of carbonyl (C=O) groups is 1. The Morgan fingerprint density at radius 3 is 3.00 bits per heavy atom. The van der Waals surface area contributed by atoms with Crippen LogP contribution >= 0.6 is 15.9 Å². The van der Waals surface area contributed by atoms with E-state index in [1.54, 1.807) is 6.92 Å². The van der Waals surface area contributed by atoms with Crippen LogP contribution in [0.2, 0.25) is 0 Å². The van der Waals surface area contributed by atoms with Crippen molar-refractivity contribution < 1.29 is 9.18 Å². The molecule has 0 bridgehead atoms. The van der Waals surface area contributed by atoms with Crippen LogP contribution in [-0.4, -0.2) is 23.0 Å². The van der Waals surface area contributed by atoms with Gasteiger partial charge < -0.3 is 10.6 Å². The number of aromatic nitrogens is 1. The molecule has 6 heteroatoms. The standard InChI is InChI=1S/C13H15BrFN3O/c1-6-3-7(15)10(14)17-11(6)18-12(19)8-4-13(2)5-9(13)16-8/h3,8-9,16H,4-5H2,1-2H3,(H,17,18,19)/t8-,9+,13-/m0/s1. The molecule has 102 valence electrons. The van der Waals surface area contributed by atoms with Crippen molar-refractivity contribution >= 4 is 27.7 Å². The van der Waals surface area contributed by atoms with Gasteiger partial charge in [-0.05, 0) is 52.7 Å². The van der Waals surface area contributed by atoms with Gasteiger partial charge in [0.15, 0.2) is 5.82 Å². The fourth-order valence-corrected chi connectivity index (χ4v) is 3.01. The minimum absolute atomic E-state index is 0.0949. The molecule has 19 heavy (non-hydrogen) atoms. The van der Waals surface area contributed by atoms with E-state index in [-0.39, 0.29) is 22.0 Å². The van der Waals surface area contributed by atoms with Crippen molar-refractivity contribution in [2.45, 2.75) is 38.8 Å². The smallest absolute Gasteiger partial charge is 0.242 e. The summed E-state index contributed by atoms with van der Waals surface area (Å²) < 4.78 is 13.4. The highest BCUT2D eigenvalue weighted by atomic mass is 79.9. The number of anilines is 1. The van der Waals surface area contributed by atoms with E-state index in [0.717, 1.165) is 12.8 Å². The van der Waals surface area contributed by atoms with Crippen LogP contribution in [0.1, 0.15) is 25.3 Å². The first-order chi connectivity index (χ1) is 8.89. The summed E-state index contributed by atoms with van der Waals surface area (Å²) in [6.45, 7) is 3.91. The van der Waals surface area contributed by atoms with E-state index < -0.39 is 5.82 Å². The zero-order valence-electron chi connectivity index (χ0n) is 10.8. The zero-order chi connectivity index (χ0) is 13.8. The Labute approximate surface area is 119 Å². The highest BCUT2D eigenvalue weighted by Gasteiger charge is 2.58. The lowest BCUT2D eigenvalue weighted by Crippen LogP contribution is -2.38. The minimum atomic E-state index is -0.428. The van der Waals surface area contributed by atoms with Crippen LogP contribution in [0.25, 0.3) is 0 Å². The summed E-state index contributed by atoms with van der Waals surface area (Å²) in [5.41, 5.74) is 0.900. The van der Waals surface area contributed by atoms with Crippen LogP contribution in [0.15, 0.2) is 10.7 Å². The SMILES string of the molecule is Cc1cc(F)c(Br)nc1NC(=O)[C@@H]1C[C@@]2(C)C[C@H]2N1. The van der Waals surface area contributed by atoms with Crippen LogP contribution in [0, 0.1) is 18.2 Å². The first-order valence-corrected chi connectivity index (χ1v) is 7.08. The maximum absolute atomic E-state index is 13.3. The largest absolute Gasteiger partial charge is 0.309 e. The molecular weight excluding hydrogens is 313 g/mol. The minimum Gasteiger partial charge on any atom is -0.309 e. The molecule has 1 aromatic rings. The predicted molar refractivity (Wildman–Crippen MR) is 73.3 cm³/mol. The lowest BCUT2D eigenvalue weighted by atomic mass is 10.0. The second-order valence-electron chi connectivity index (χ2n) is 5.75. The van der Waals surface area contributed by atoms with Crippen LogP contribution in [0.3, 0.4) is 0 Å². The zero-order valence-corrected chi connectivity index (χ0v) is 12.3. The number of fused-ring (bicyclic) bond motifs is 1. The van der Waals surface area contributed by atoms with Gasteiger partial charge in [-0.2, -0.15) is 0 Å². The van der Waals surface area contributed by atoms with E-state index in [9.17, 15) is 9.18 Å². The summed E-state index contributed by atoms with van der Waals surface area (Å²) in [7, 11) is 0. The number of nitrogens with one attached hydrogen (secondary N) is 2. The fraction of sp³-hybridized carbons (Fsp3) is 0.538. The van der Waals surface area contributed by atoms with E-state index in [0.29, 0.717) is 17.4 Å². The number of aryl methyl sites for hydroxylation is 1. The Balaban J connectivity index is 1.72. The molecule has 1 aliphatic heterocycles. The molecule has 1 aromatic heterocycles. The lowest BCUT2D eigenvalue weighted by molar-refractivity contribution is -0.118.